The van der Waals surface area contributed by atoms with E-state index in [1.54, 1.807) is 30.1 Å². The number of ether oxygens (including phenoxy) is 1. The van der Waals surface area contributed by atoms with Gasteiger partial charge < -0.3 is 14.5 Å². The fraction of sp³-hybridized carbons (Fsp3) is 0.333. The lowest BCUT2D eigenvalue weighted by Crippen LogP contribution is -2.58. The molecule has 1 aromatic carbocycles. The molecule has 1 aliphatic rings. The number of likely N-dealkylation sites (N-methyl/N-ethyl adjacent to an activating group) is 1. The molecule has 2 amide bonds. The molecule has 1 saturated heterocycles. The monoisotopic (exact) mass is 342 g/mol. The van der Waals surface area contributed by atoms with Crippen LogP contribution in [0.1, 0.15) is 0 Å². The van der Waals surface area contributed by atoms with Crippen LogP contribution in [0.5, 0.6) is 5.75 Å². The van der Waals surface area contributed by atoms with E-state index >= 15 is 0 Å². The fourth-order valence-corrected chi connectivity index (χ4v) is 2.34. The van der Waals surface area contributed by atoms with Crippen LogP contribution in [0, 0.1) is 0 Å². The smallest absolute Gasteiger partial charge is 0.246 e. The normalized spacial score (nSPS) is 14.2. The van der Waals surface area contributed by atoms with E-state index in [9.17, 15) is 9.59 Å². The maximum absolute atomic E-state index is 12.0. The summed E-state index contributed by atoms with van der Waals surface area (Å²) in [5, 5.41) is 0.793. The Labute approximate surface area is 139 Å². The van der Waals surface area contributed by atoms with E-state index in [0.717, 1.165) is 0 Å². The minimum Gasteiger partial charge on any atom is -0.485 e. The van der Waals surface area contributed by atoms with Crippen molar-refractivity contribution in [2.24, 2.45) is 0 Å². The van der Waals surface area contributed by atoms with Gasteiger partial charge in [-0.15, -0.1) is 0 Å². The molecule has 1 aromatic rings. The summed E-state index contributed by atoms with van der Waals surface area (Å²) < 4.78 is 5.71. The number of carbonyl (C=O) groups excluding carboxylic acids is 2. The van der Waals surface area contributed by atoms with Crippen molar-refractivity contribution >= 4 is 35.0 Å². The largest absolute Gasteiger partial charge is 0.485 e. The first-order valence-corrected chi connectivity index (χ1v) is 7.44. The van der Waals surface area contributed by atoms with Crippen molar-refractivity contribution in [2.75, 3.05) is 26.7 Å². The van der Waals surface area contributed by atoms with Gasteiger partial charge in [-0.25, -0.2) is 0 Å². The summed E-state index contributed by atoms with van der Waals surface area (Å²) in [5.41, 5.74) is 0. The first-order chi connectivity index (χ1) is 10.4. The third kappa shape index (κ3) is 3.72. The van der Waals surface area contributed by atoms with Gasteiger partial charge in [-0.05, 0) is 18.2 Å². The van der Waals surface area contributed by atoms with Gasteiger partial charge in [-0.3, -0.25) is 9.59 Å². The molecular formula is C15H16Cl2N2O3. The number of rotatable bonds is 5. The number of likely N-dealkylation sites (tertiary alicyclic amines) is 1. The second-order valence-electron chi connectivity index (χ2n) is 4.99. The molecule has 0 spiro atoms. The minimum absolute atomic E-state index is 0.0233. The van der Waals surface area contributed by atoms with E-state index in [1.165, 1.54) is 11.0 Å². The quantitative estimate of drug-likeness (QED) is 0.771. The second-order valence-corrected chi connectivity index (χ2v) is 5.77. The molecule has 0 aromatic heterocycles. The Hall–Kier alpha value is -1.72. The average Bonchev–Trinajstić information content (AvgIpc) is 2.45. The zero-order valence-corrected chi connectivity index (χ0v) is 13.6. The molecule has 1 fully saturated rings. The third-order valence-electron chi connectivity index (χ3n) is 3.33. The predicted molar refractivity (Wildman–Crippen MR) is 85.3 cm³/mol. The van der Waals surface area contributed by atoms with Crippen LogP contribution in [0.15, 0.2) is 30.9 Å². The lowest BCUT2D eigenvalue weighted by Gasteiger charge is -2.39. The number of amides is 2. The first kappa shape index (κ1) is 16.6. The Bertz CT molecular complexity index is 600. The van der Waals surface area contributed by atoms with E-state index in [0.29, 0.717) is 28.9 Å². The predicted octanol–water partition coefficient (Wildman–Crippen LogP) is 2.23. The summed E-state index contributed by atoms with van der Waals surface area (Å²) in [5.74, 6) is 0.0901. The highest BCUT2D eigenvalue weighted by Crippen LogP contribution is 2.33. The molecule has 118 valence electrons. The van der Waals surface area contributed by atoms with Gasteiger partial charge in [0.2, 0.25) is 11.8 Å². The highest BCUT2D eigenvalue weighted by molar-refractivity contribution is 6.42. The SMILES string of the molecule is C=CC(=O)N(C)CC(=O)N1CC(Oc2cccc(Cl)c2Cl)C1. The van der Waals surface area contributed by atoms with Crippen LogP contribution < -0.4 is 4.74 Å². The molecule has 0 unspecified atom stereocenters. The third-order valence-corrected chi connectivity index (χ3v) is 4.14. The van der Waals surface area contributed by atoms with Crippen molar-refractivity contribution in [1.29, 1.82) is 0 Å². The molecule has 0 radical (unpaired) electrons. The van der Waals surface area contributed by atoms with Gasteiger partial charge in [0, 0.05) is 7.05 Å². The van der Waals surface area contributed by atoms with E-state index < -0.39 is 0 Å². The zero-order valence-electron chi connectivity index (χ0n) is 12.1. The zero-order chi connectivity index (χ0) is 16.3. The summed E-state index contributed by atoms with van der Waals surface area (Å²) in [4.78, 5) is 26.2. The van der Waals surface area contributed by atoms with Crippen molar-refractivity contribution < 1.29 is 14.3 Å². The van der Waals surface area contributed by atoms with Crippen molar-refractivity contribution in [3.8, 4) is 5.75 Å². The summed E-state index contributed by atoms with van der Waals surface area (Å²) >= 11 is 12.0. The second kappa shape index (κ2) is 7.03. The van der Waals surface area contributed by atoms with Gasteiger partial charge in [0.1, 0.15) is 16.9 Å². The standard InChI is InChI=1S/C15H16Cl2N2O3/c1-3-13(20)18(2)9-14(21)19-7-10(8-19)22-12-6-4-5-11(16)15(12)17/h3-6,10H,1,7-9H2,2H3. The Morgan fingerprint density at radius 2 is 2.14 bits per heavy atom. The first-order valence-electron chi connectivity index (χ1n) is 6.68. The fourth-order valence-electron chi connectivity index (χ4n) is 2.01. The van der Waals surface area contributed by atoms with E-state index in [-0.39, 0.29) is 24.5 Å². The molecule has 0 saturated carbocycles. The Morgan fingerprint density at radius 1 is 1.45 bits per heavy atom. The maximum Gasteiger partial charge on any atom is 0.246 e. The van der Waals surface area contributed by atoms with Crippen LogP contribution >= 0.6 is 23.2 Å². The van der Waals surface area contributed by atoms with Crippen molar-refractivity contribution in [2.45, 2.75) is 6.10 Å². The van der Waals surface area contributed by atoms with Gasteiger partial charge in [0.25, 0.3) is 0 Å². The molecule has 0 N–H and O–H groups in total. The average molecular weight is 343 g/mol. The number of hydrogen-bond donors (Lipinski definition) is 0. The molecule has 1 heterocycles. The topological polar surface area (TPSA) is 49.9 Å². The van der Waals surface area contributed by atoms with E-state index in [4.69, 9.17) is 27.9 Å². The van der Waals surface area contributed by atoms with Crippen LogP contribution in [-0.4, -0.2) is 54.4 Å². The summed E-state index contributed by atoms with van der Waals surface area (Å²) in [7, 11) is 1.56. The number of hydrogen-bond acceptors (Lipinski definition) is 3. The van der Waals surface area contributed by atoms with Crippen molar-refractivity contribution in [3.63, 3.8) is 0 Å². The van der Waals surface area contributed by atoms with Crippen molar-refractivity contribution in [3.05, 3.63) is 40.9 Å². The Morgan fingerprint density at radius 3 is 2.77 bits per heavy atom. The van der Waals surface area contributed by atoms with Gasteiger partial charge in [-0.2, -0.15) is 0 Å². The Balaban J connectivity index is 1.82. The van der Waals surface area contributed by atoms with Crippen LogP contribution in [0.4, 0.5) is 0 Å². The lowest BCUT2D eigenvalue weighted by atomic mass is 10.1. The molecule has 22 heavy (non-hydrogen) atoms. The van der Waals surface area contributed by atoms with Crippen LogP contribution in [-0.2, 0) is 9.59 Å². The number of halogens is 2. The molecule has 5 nitrogen and oxygen atoms in total. The molecule has 1 aliphatic heterocycles. The van der Waals surface area contributed by atoms with Crippen LogP contribution in [0.3, 0.4) is 0 Å². The van der Waals surface area contributed by atoms with Crippen LogP contribution in [0.25, 0.3) is 0 Å². The van der Waals surface area contributed by atoms with E-state index in [2.05, 4.69) is 6.58 Å². The van der Waals surface area contributed by atoms with Gasteiger partial charge in [0.15, 0.2) is 0 Å². The number of carbonyl (C=O) groups is 2. The summed E-state index contributed by atoms with van der Waals surface area (Å²) in [6, 6.07) is 5.16. The maximum atomic E-state index is 12.0. The number of nitrogens with zero attached hydrogens (tertiary/aromatic N) is 2. The van der Waals surface area contributed by atoms with Crippen molar-refractivity contribution in [1.82, 2.24) is 9.80 Å². The Kier molecular flexibility index (Phi) is 5.32. The van der Waals surface area contributed by atoms with Gasteiger partial charge in [0.05, 0.1) is 24.7 Å². The molecule has 0 aliphatic carbocycles. The number of benzene rings is 1. The lowest BCUT2D eigenvalue weighted by molar-refractivity contribution is -0.144. The molecule has 0 atom stereocenters. The molecular weight excluding hydrogens is 327 g/mol. The minimum atomic E-state index is -0.285. The highest BCUT2D eigenvalue weighted by Gasteiger charge is 2.33. The summed E-state index contributed by atoms with van der Waals surface area (Å²) in [6.07, 6.45) is 1.05. The highest BCUT2D eigenvalue weighted by atomic mass is 35.5. The van der Waals surface area contributed by atoms with Gasteiger partial charge in [-0.1, -0.05) is 35.8 Å². The molecule has 2 rings (SSSR count). The molecule has 7 heteroatoms. The molecule has 0 bridgehead atoms. The summed E-state index contributed by atoms with van der Waals surface area (Å²) in [6.45, 7) is 4.32. The van der Waals surface area contributed by atoms with Crippen LogP contribution in [0.2, 0.25) is 10.0 Å². The van der Waals surface area contributed by atoms with E-state index in [1.807, 2.05) is 0 Å². The van der Waals surface area contributed by atoms with Gasteiger partial charge >= 0.3 is 0 Å².